The van der Waals surface area contributed by atoms with Gasteiger partial charge in [-0.05, 0) is 32.9 Å². The van der Waals surface area contributed by atoms with E-state index in [4.69, 9.17) is 9.47 Å². The van der Waals surface area contributed by atoms with E-state index in [-0.39, 0.29) is 23.8 Å². The van der Waals surface area contributed by atoms with Crippen molar-refractivity contribution in [2.75, 3.05) is 18.2 Å². The predicted molar refractivity (Wildman–Crippen MR) is 139 cm³/mol. The number of nitrogens with zero attached hydrogens (tertiary/aromatic N) is 4. The molecule has 0 aliphatic carbocycles. The van der Waals surface area contributed by atoms with Crippen molar-refractivity contribution in [1.29, 1.82) is 0 Å². The molecule has 2 heterocycles. The summed E-state index contributed by atoms with van der Waals surface area (Å²) in [6.07, 6.45) is -0.365. The number of thiazole rings is 1. The van der Waals surface area contributed by atoms with Gasteiger partial charge in [0.1, 0.15) is 0 Å². The maximum absolute atomic E-state index is 12.6. The van der Waals surface area contributed by atoms with Crippen LogP contribution in [-0.2, 0) is 4.79 Å². The lowest BCUT2D eigenvalue weighted by Gasteiger charge is -2.19. The summed E-state index contributed by atoms with van der Waals surface area (Å²) in [4.78, 5) is 17.1. The molecule has 2 aromatic heterocycles. The molecule has 0 spiro atoms. The molecule has 4 rings (SSSR count). The number of thioether (sulfide) groups is 1. The van der Waals surface area contributed by atoms with Crippen molar-refractivity contribution >= 4 is 34.1 Å². The van der Waals surface area contributed by atoms with E-state index < -0.39 is 0 Å². The molecule has 35 heavy (non-hydrogen) atoms. The normalized spacial score (nSPS) is 11.9. The number of carbonyl (C=O) groups is 1. The van der Waals surface area contributed by atoms with E-state index in [1.165, 1.54) is 23.1 Å². The van der Waals surface area contributed by atoms with Gasteiger partial charge in [0.15, 0.2) is 33.7 Å². The lowest BCUT2D eigenvalue weighted by Crippen LogP contribution is -2.16. The van der Waals surface area contributed by atoms with E-state index in [0.29, 0.717) is 27.6 Å². The van der Waals surface area contributed by atoms with E-state index in [0.717, 1.165) is 11.3 Å². The Morgan fingerprint density at radius 2 is 1.77 bits per heavy atom. The van der Waals surface area contributed by atoms with Crippen LogP contribution in [-0.4, -0.2) is 38.5 Å². The Labute approximate surface area is 212 Å². The Bertz CT molecular complexity index is 1270. The van der Waals surface area contributed by atoms with Crippen LogP contribution >= 0.6 is 23.1 Å². The third-order valence-corrected chi connectivity index (χ3v) is 6.80. The van der Waals surface area contributed by atoms with Crippen LogP contribution < -0.4 is 14.8 Å². The van der Waals surface area contributed by atoms with E-state index >= 15 is 0 Å². The van der Waals surface area contributed by atoms with Crippen LogP contribution in [0.15, 0.2) is 65.1 Å². The van der Waals surface area contributed by atoms with Crippen LogP contribution in [0.4, 0.5) is 5.13 Å². The number of amides is 1. The van der Waals surface area contributed by atoms with Gasteiger partial charge in [-0.3, -0.25) is 4.79 Å². The average Bonchev–Trinajstić information content (AvgIpc) is 3.51. The number of aromatic nitrogens is 4. The Kier molecular flexibility index (Phi) is 8.04. The van der Waals surface area contributed by atoms with Gasteiger partial charge in [0.05, 0.1) is 18.6 Å². The second-order valence-corrected chi connectivity index (χ2v) is 9.76. The maximum atomic E-state index is 12.6. The third-order valence-electron chi connectivity index (χ3n) is 5.10. The molecule has 0 fully saturated rings. The first-order valence-electron chi connectivity index (χ1n) is 11.1. The van der Waals surface area contributed by atoms with Gasteiger partial charge in [-0.15, -0.1) is 21.5 Å². The molecule has 0 aliphatic rings. The number of benzene rings is 2. The lowest BCUT2D eigenvalue weighted by molar-refractivity contribution is -0.113. The zero-order valence-electron chi connectivity index (χ0n) is 20.0. The highest BCUT2D eigenvalue weighted by atomic mass is 32.2. The summed E-state index contributed by atoms with van der Waals surface area (Å²) in [6, 6.07) is 17.4. The number of hydrogen-bond acceptors (Lipinski definition) is 8. The van der Waals surface area contributed by atoms with E-state index in [2.05, 4.69) is 20.5 Å². The van der Waals surface area contributed by atoms with Crippen LogP contribution in [0.25, 0.3) is 11.3 Å². The molecule has 0 saturated carbocycles. The van der Waals surface area contributed by atoms with Crippen molar-refractivity contribution in [2.24, 2.45) is 0 Å². The molecule has 8 nitrogen and oxygen atoms in total. The predicted octanol–water partition coefficient (Wildman–Crippen LogP) is 5.86. The summed E-state index contributed by atoms with van der Waals surface area (Å²) in [7, 11) is 1.61. The smallest absolute Gasteiger partial charge is 0.236 e. The molecule has 0 radical (unpaired) electrons. The fourth-order valence-corrected chi connectivity index (χ4v) is 5.08. The van der Waals surface area contributed by atoms with Crippen LogP contribution in [0.1, 0.15) is 38.7 Å². The number of methoxy groups -OCH3 is 1. The quantitative estimate of drug-likeness (QED) is 0.268. The molecule has 182 valence electrons. The topological polar surface area (TPSA) is 91.2 Å². The summed E-state index contributed by atoms with van der Waals surface area (Å²) in [5.74, 6) is 2.00. The van der Waals surface area contributed by atoms with Crippen molar-refractivity contribution in [3.05, 3.63) is 65.8 Å². The van der Waals surface area contributed by atoms with Crippen LogP contribution in [0.2, 0.25) is 0 Å². The van der Waals surface area contributed by atoms with E-state index in [1.807, 2.05) is 85.3 Å². The van der Waals surface area contributed by atoms with Crippen molar-refractivity contribution in [3.63, 3.8) is 0 Å². The van der Waals surface area contributed by atoms with Gasteiger partial charge in [-0.25, -0.2) is 4.98 Å². The van der Waals surface area contributed by atoms with Crippen molar-refractivity contribution < 1.29 is 14.3 Å². The minimum absolute atomic E-state index is 0.0849. The highest BCUT2D eigenvalue weighted by Crippen LogP contribution is 2.32. The number of carbonyl (C=O) groups excluding carboxylic acids is 1. The largest absolute Gasteiger partial charge is 0.493 e. The summed E-state index contributed by atoms with van der Waals surface area (Å²) in [6.45, 7) is 6.02. The van der Waals surface area contributed by atoms with Gasteiger partial charge in [-0.1, -0.05) is 54.2 Å². The number of anilines is 1. The molecule has 0 aliphatic heterocycles. The minimum Gasteiger partial charge on any atom is -0.493 e. The average molecular weight is 510 g/mol. The fraction of sp³-hybridized carbons (Fsp3) is 0.280. The molecule has 2 aromatic carbocycles. The second kappa shape index (κ2) is 11.4. The molecular formula is C25H27N5O3S2. The standard InChI is InChI=1S/C25H27N5O3S2/c1-16(2)30-23(17(3)33-21-13-9-8-12-20(21)32-4)28-29-25(30)35-15-22(31)27-24-26-19(14-34-24)18-10-6-5-7-11-18/h5-14,16-17H,15H2,1-4H3,(H,26,27,31). The van der Waals surface area contributed by atoms with Crippen LogP contribution in [0, 0.1) is 0 Å². The number of rotatable bonds is 10. The minimum atomic E-state index is -0.365. The van der Waals surface area contributed by atoms with Gasteiger partial charge in [0.2, 0.25) is 5.91 Å². The number of para-hydroxylation sites is 2. The van der Waals surface area contributed by atoms with Crippen LogP contribution in [0.3, 0.4) is 0 Å². The van der Waals surface area contributed by atoms with Gasteiger partial charge < -0.3 is 19.4 Å². The molecule has 1 N–H and O–H groups in total. The molecule has 1 unspecified atom stereocenters. The van der Waals surface area contributed by atoms with Crippen molar-refractivity contribution in [2.45, 2.75) is 38.1 Å². The van der Waals surface area contributed by atoms with Crippen molar-refractivity contribution in [1.82, 2.24) is 19.7 Å². The fourth-order valence-electron chi connectivity index (χ4n) is 3.47. The Morgan fingerprint density at radius 3 is 2.49 bits per heavy atom. The monoisotopic (exact) mass is 509 g/mol. The van der Waals surface area contributed by atoms with Gasteiger partial charge in [-0.2, -0.15) is 0 Å². The third kappa shape index (κ3) is 6.01. The zero-order valence-corrected chi connectivity index (χ0v) is 21.6. The van der Waals surface area contributed by atoms with Crippen LogP contribution in [0.5, 0.6) is 11.5 Å². The first-order valence-corrected chi connectivity index (χ1v) is 13.0. The first-order chi connectivity index (χ1) is 17.0. The van der Waals surface area contributed by atoms with E-state index in [9.17, 15) is 4.79 Å². The molecule has 1 atom stereocenters. The second-order valence-electron chi connectivity index (χ2n) is 7.96. The Balaban J connectivity index is 1.40. The zero-order chi connectivity index (χ0) is 24.8. The summed E-state index contributed by atoms with van der Waals surface area (Å²) >= 11 is 2.73. The van der Waals surface area contributed by atoms with Gasteiger partial charge >= 0.3 is 0 Å². The molecule has 10 heteroatoms. The summed E-state index contributed by atoms with van der Waals surface area (Å²) in [5.41, 5.74) is 1.85. The highest BCUT2D eigenvalue weighted by Gasteiger charge is 2.23. The molecule has 0 saturated heterocycles. The summed E-state index contributed by atoms with van der Waals surface area (Å²) in [5, 5.41) is 14.7. The SMILES string of the molecule is COc1ccccc1OC(C)c1nnc(SCC(=O)Nc2nc(-c3ccccc3)cs2)n1C(C)C. The molecular weight excluding hydrogens is 482 g/mol. The maximum Gasteiger partial charge on any atom is 0.236 e. The number of hydrogen-bond donors (Lipinski definition) is 1. The first kappa shape index (κ1) is 24.7. The van der Waals surface area contributed by atoms with Gasteiger partial charge in [0, 0.05) is 17.0 Å². The lowest BCUT2D eigenvalue weighted by atomic mass is 10.2. The Hall–Kier alpha value is -3.37. The highest BCUT2D eigenvalue weighted by molar-refractivity contribution is 7.99. The van der Waals surface area contributed by atoms with Gasteiger partial charge in [0.25, 0.3) is 0 Å². The number of nitrogens with one attached hydrogen (secondary N) is 1. The van der Waals surface area contributed by atoms with Crippen molar-refractivity contribution in [3.8, 4) is 22.8 Å². The Morgan fingerprint density at radius 1 is 1.06 bits per heavy atom. The molecule has 0 bridgehead atoms. The van der Waals surface area contributed by atoms with E-state index in [1.54, 1.807) is 7.11 Å². The number of ether oxygens (including phenoxy) is 2. The summed E-state index contributed by atoms with van der Waals surface area (Å²) < 4.78 is 13.5. The molecule has 4 aromatic rings. The molecule has 1 amide bonds.